The van der Waals surface area contributed by atoms with Crippen molar-refractivity contribution in [2.75, 3.05) is 0 Å². The van der Waals surface area contributed by atoms with Crippen LogP contribution in [-0.2, 0) is 5.54 Å². The Morgan fingerprint density at radius 3 is 2.47 bits per heavy atom. The molecule has 1 aromatic carbocycles. The highest BCUT2D eigenvalue weighted by Crippen LogP contribution is 2.27. The molecule has 0 aliphatic carbocycles. The highest BCUT2D eigenvalue weighted by atomic mass is 79.9. The van der Waals surface area contributed by atoms with Crippen LogP contribution in [0.3, 0.4) is 0 Å². The molecule has 1 unspecified atom stereocenters. The maximum absolute atomic E-state index is 12.3. The van der Waals surface area contributed by atoms with Crippen molar-refractivity contribution in [2.45, 2.75) is 12.5 Å². The molecule has 0 spiro atoms. The lowest BCUT2D eigenvalue weighted by atomic mass is 9.87. The van der Waals surface area contributed by atoms with Gasteiger partial charge < -0.3 is 10.2 Å². The molecule has 0 aliphatic heterocycles. The largest absolute Gasteiger partial charge is 0.460 e. The van der Waals surface area contributed by atoms with Crippen molar-refractivity contribution >= 4 is 21.7 Å². The summed E-state index contributed by atoms with van der Waals surface area (Å²) in [6.45, 7) is 1.68. The van der Waals surface area contributed by atoms with E-state index < -0.39 is 5.54 Å². The van der Waals surface area contributed by atoms with Gasteiger partial charge in [0.05, 0.1) is 10.7 Å². The summed E-state index contributed by atoms with van der Waals surface area (Å²) in [6.07, 6.45) is 1.46. The van der Waals surface area contributed by atoms with Crippen LogP contribution in [0.5, 0.6) is 0 Å². The molecule has 3 nitrogen and oxygen atoms in total. The van der Waals surface area contributed by atoms with Crippen LogP contribution in [0, 0.1) is 0 Å². The van der Waals surface area contributed by atoms with Crippen molar-refractivity contribution in [3.63, 3.8) is 0 Å². The van der Waals surface area contributed by atoms with Gasteiger partial charge >= 0.3 is 0 Å². The first-order valence-electron chi connectivity index (χ1n) is 5.15. The Balaban J connectivity index is 2.40. The highest BCUT2D eigenvalue weighted by molar-refractivity contribution is 9.10. The van der Waals surface area contributed by atoms with Crippen LogP contribution < -0.4 is 5.73 Å². The Bertz CT molecular complexity index is 531. The minimum absolute atomic E-state index is 0.249. The minimum Gasteiger partial charge on any atom is -0.460 e. The number of Topliss-reactive ketones (excluding diaryl/α,β-unsaturated/α-hetero) is 1. The molecule has 0 saturated carbocycles. The lowest BCUT2D eigenvalue weighted by molar-refractivity contribution is 0.0870. The molecular weight excluding hydrogens is 282 g/mol. The average Bonchev–Trinajstić information content (AvgIpc) is 2.75. The number of carbonyl (C=O) groups excluding carboxylic acids is 1. The number of carbonyl (C=O) groups is 1. The fourth-order valence-corrected chi connectivity index (χ4v) is 1.99. The van der Waals surface area contributed by atoms with Crippen molar-refractivity contribution in [1.29, 1.82) is 0 Å². The maximum atomic E-state index is 12.3. The number of nitrogens with two attached hydrogens (primary N) is 1. The van der Waals surface area contributed by atoms with Gasteiger partial charge in [-0.2, -0.15) is 0 Å². The fourth-order valence-electron chi connectivity index (χ4n) is 1.61. The first kappa shape index (κ1) is 12.1. The lowest BCUT2D eigenvalue weighted by Gasteiger charge is -2.22. The van der Waals surface area contributed by atoms with Crippen LogP contribution in [-0.4, -0.2) is 5.78 Å². The zero-order valence-corrected chi connectivity index (χ0v) is 10.9. The van der Waals surface area contributed by atoms with Crippen LogP contribution in [0.4, 0.5) is 0 Å². The van der Waals surface area contributed by atoms with Gasteiger partial charge in [0.15, 0.2) is 5.76 Å². The molecule has 0 radical (unpaired) electrons. The topological polar surface area (TPSA) is 56.2 Å². The summed E-state index contributed by atoms with van der Waals surface area (Å²) in [4.78, 5) is 12.3. The molecule has 0 fully saturated rings. The number of hydrogen-bond acceptors (Lipinski definition) is 3. The molecule has 17 heavy (non-hydrogen) atoms. The maximum Gasteiger partial charge on any atom is 0.223 e. The highest BCUT2D eigenvalue weighted by Gasteiger charge is 2.34. The number of hydrogen-bond donors (Lipinski definition) is 1. The summed E-state index contributed by atoms with van der Waals surface area (Å²) in [5.41, 5.74) is 5.77. The SMILES string of the molecule is CC(N)(C(=O)c1occc1Br)c1ccccc1. The van der Waals surface area contributed by atoms with E-state index in [1.165, 1.54) is 6.26 Å². The summed E-state index contributed by atoms with van der Waals surface area (Å²) >= 11 is 3.26. The molecule has 0 aliphatic rings. The van der Waals surface area contributed by atoms with Gasteiger partial charge in [-0.15, -0.1) is 0 Å². The Morgan fingerprint density at radius 1 is 1.29 bits per heavy atom. The molecule has 1 aromatic heterocycles. The Kier molecular flexibility index (Phi) is 3.17. The van der Waals surface area contributed by atoms with Gasteiger partial charge in [-0.05, 0) is 34.5 Å². The molecule has 1 heterocycles. The smallest absolute Gasteiger partial charge is 0.223 e. The van der Waals surface area contributed by atoms with Gasteiger partial charge in [0.25, 0.3) is 0 Å². The third kappa shape index (κ3) is 2.18. The number of furan rings is 1. The molecule has 0 saturated heterocycles. The Labute approximate surface area is 108 Å². The van der Waals surface area contributed by atoms with E-state index in [1.807, 2.05) is 30.3 Å². The summed E-state index contributed by atoms with van der Waals surface area (Å²) in [7, 11) is 0. The van der Waals surface area contributed by atoms with E-state index in [2.05, 4.69) is 15.9 Å². The monoisotopic (exact) mass is 293 g/mol. The van der Waals surface area contributed by atoms with E-state index >= 15 is 0 Å². The summed E-state index contributed by atoms with van der Waals surface area (Å²) < 4.78 is 5.78. The molecule has 0 amide bonds. The van der Waals surface area contributed by atoms with E-state index in [1.54, 1.807) is 13.0 Å². The second-order valence-corrected chi connectivity index (χ2v) is 4.85. The second-order valence-electron chi connectivity index (χ2n) is 4.00. The molecule has 2 rings (SSSR count). The van der Waals surface area contributed by atoms with E-state index in [0.717, 1.165) is 5.56 Å². The first-order chi connectivity index (χ1) is 8.03. The first-order valence-corrected chi connectivity index (χ1v) is 5.95. The van der Waals surface area contributed by atoms with Crippen molar-refractivity contribution in [3.05, 3.63) is 58.5 Å². The predicted octanol–water partition coefficient (Wildman–Crippen LogP) is 3.10. The van der Waals surface area contributed by atoms with Crippen LogP contribution in [0.15, 0.2) is 51.6 Å². The van der Waals surface area contributed by atoms with Crippen LogP contribution in [0.2, 0.25) is 0 Å². The molecule has 2 aromatic rings. The average molecular weight is 294 g/mol. The van der Waals surface area contributed by atoms with Crippen LogP contribution in [0.1, 0.15) is 23.0 Å². The summed E-state index contributed by atoms with van der Waals surface area (Å²) in [5, 5.41) is 0. The number of rotatable bonds is 3. The number of benzene rings is 1. The van der Waals surface area contributed by atoms with Crippen molar-refractivity contribution in [3.8, 4) is 0 Å². The zero-order chi connectivity index (χ0) is 12.5. The standard InChI is InChI=1S/C13H12BrNO2/c1-13(15,9-5-3-2-4-6-9)12(16)11-10(14)7-8-17-11/h2-8H,15H2,1H3. The zero-order valence-electron chi connectivity index (χ0n) is 9.31. The molecule has 1 atom stereocenters. The molecule has 0 bridgehead atoms. The quantitative estimate of drug-likeness (QED) is 0.885. The van der Waals surface area contributed by atoms with Crippen LogP contribution in [0.25, 0.3) is 0 Å². The molecule has 88 valence electrons. The van der Waals surface area contributed by atoms with Crippen molar-refractivity contribution in [1.82, 2.24) is 0 Å². The normalized spacial score (nSPS) is 14.3. The van der Waals surface area contributed by atoms with Gasteiger partial charge in [-0.1, -0.05) is 30.3 Å². The second kappa shape index (κ2) is 4.47. The van der Waals surface area contributed by atoms with Gasteiger partial charge in [0.2, 0.25) is 5.78 Å². The van der Waals surface area contributed by atoms with Gasteiger partial charge in [-0.25, -0.2) is 0 Å². The summed E-state index contributed by atoms with van der Waals surface area (Å²) in [5.74, 6) is -0.000530. The van der Waals surface area contributed by atoms with Crippen molar-refractivity contribution in [2.24, 2.45) is 5.73 Å². The fraction of sp³-hybridized carbons (Fsp3) is 0.154. The minimum atomic E-state index is -1.10. The van der Waals surface area contributed by atoms with E-state index in [4.69, 9.17) is 10.2 Å². The van der Waals surface area contributed by atoms with E-state index in [0.29, 0.717) is 4.47 Å². The van der Waals surface area contributed by atoms with E-state index in [9.17, 15) is 4.79 Å². The Hall–Kier alpha value is -1.39. The van der Waals surface area contributed by atoms with E-state index in [-0.39, 0.29) is 11.5 Å². The predicted molar refractivity (Wildman–Crippen MR) is 68.7 cm³/mol. The summed E-state index contributed by atoms with van der Waals surface area (Å²) in [6, 6.07) is 10.9. The molecule has 4 heteroatoms. The van der Waals surface area contributed by atoms with Gasteiger partial charge in [-0.3, -0.25) is 4.79 Å². The number of ketones is 1. The van der Waals surface area contributed by atoms with Gasteiger partial charge in [0, 0.05) is 0 Å². The Morgan fingerprint density at radius 2 is 1.94 bits per heavy atom. The third-order valence-corrected chi connectivity index (χ3v) is 3.29. The van der Waals surface area contributed by atoms with Crippen LogP contribution >= 0.6 is 15.9 Å². The molecule has 2 N–H and O–H groups in total. The lowest BCUT2D eigenvalue weighted by Crippen LogP contribution is -2.41. The molecular formula is C13H12BrNO2. The third-order valence-electron chi connectivity index (χ3n) is 2.67. The number of halogens is 1. The van der Waals surface area contributed by atoms with Crippen molar-refractivity contribution < 1.29 is 9.21 Å². The van der Waals surface area contributed by atoms with Gasteiger partial charge in [0.1, 0.15) is 5.54 Å².